The van der Waals surface area contributed by atoms with Gasteiger partial charge < -0.3 is 10.3 Å². The van der Waals surface area contributed by atoms with Crippen molar-refractivity contribution >= 4 is 0 Å². The van der Waals surface area contributed by atoms with E-state index in [1.165, 1.54) is 18.7 Å². The Balaban J connectivity index is 1.86. The molecule has 0 saturated carbocycles. The van der Waals surface area contributed by atoms with E-state index in [0.29, 0.717) is 0 Å². The van der Waals surface area contributed by atoms with Crippen molar-refractivity contribution in [2.24, 2.45) is 0 Å². The van der Waals surface area contributed by atoms with Gasteiger partial charge in [-0.15, -0.1) is 0 Å². The predicted octanol–water partition coefficient (Wildman–Crippen LogP) is 0.420. The molecule has 3 heteroatoms. The summed E-state index contributed by atoms with van der Waals surface area (Å²) < 4.78 is 0. The SMILES string of the molecule is c1cc(CN2CCNCC2)c[nH]1. The van der Waals surface area contributed by atoms with Gasteiger partial charge >= 0.3 is 0 Å². The lowest BCUT2D eigenvalue weighted by Crippen LogP contribution is -2.42. The van der Waals surface area contributed by atoms with Gasteiger partial charge in [0.2, 0.25) is 0 Å². The minimum Gasteiger partial charge on any atom is -0.367 e. The molecule has 1 aromatic heterocycles. The molecule has 0 amide bonds. The highest BCUT2D eigenvalue weighted by Gasteiger charge is 2.09. The van der Waals surface area contributed by atoms with Crippen molar-refractivity contribution in [3.8, 4) is 0 Å². The topological polar surface area (TPSA) is 31.1 Å². The minimum absolute atomic E-state index is 1.09. The summed E-state index contributed by atoms with van der Waals surface area (Å²) in [6.07, 6.45) is 4.06. The van der Waals surface area contributed by atoms with Crippen molar-refractivity contribution in [3.05, 3.63) is 24.0 Å². The van der Waals surface area contributed by atoms with Gasteiger partial charge in [0, 0.05) is 45.1 Å². The first-order valence-corrected chi connectivity index (χ1v) is 4.50. The summed E-state index contributed by atoms with van der Waals surface area (Å²) in [7, 11) is 0. The van der Waals surface area contributed by atoms with E-state index >= 15 is 0 Å². The van der Waals surface area contributed by atoms with Crippen molar-refractivity contribution < 1.29 is 0 Å². The maximum Gasteiger partial charge on any atom is 0.0249 e. The lowest BCUT2D eigenvalue weighted by molar-refractivity contribution is 0.233. The van der Waals surface area contributed by atoms with E-state index in [4.69, 9.17) is 0 Å². The van der Waals surface area contributed by atoms with Gasteiger partial charge in [-0.2, -0.15) is 0 Å². The van der Waals surface area contributed by atoms with Gasteiger partial charge in [-0.1, -0.05) is 0 Å². The van der Waals surface area contributed by atoms with Gasteiger partial charge in [-0.25, -0.2) is 0 Å². The molecule has 0 unspecified atom stereocenters. The zero-order valence-electron chi connectivity index (χ0n) is 7.21. The lowest BCUT2D eigenvalue weighted by atomic mass is 10.3. The second kappa shape index (κ2) is 3.74. The van der Waals surface area contributed by atoms with E-state index in [1.807, 2.05) is 6.20 Å². The van der Waals surface area contributed by atoms with Gasteiger partial charge in [0.05, 0.1) is 0 Å². The summed E-state index contributed by atoms with van der Waals surface area (Å²) >= 11 is 0. The van der Waals surface area contributed by atoms with Crippen LogP contribution in [0.1, 0.15) is 5.56 Å². The van der Waals surface area contributed by atoms with Crippen molar-refractivity contribution in [2.75, 3.05) is 26.2 Å². The van der Waals surface area contributed by atoms with E-state index in [9.17, 15) is 0 Å². The first kappa shape index (κ1) is 7.83. The van der Waals surface area contributed by atoms with E-state index in [0.717, 1.165) is 19.6 Å². The Hall–Kier alpha value is -0.800. The third-order valence-corrected chi connectivity index (χ3v) is 2.28. The van der Waals surface area contributed by atoms with Crippen LogP contribution in [0.2, 0.25) is 0 Å². The Labute approximate surface area is 72.8 Å². The lowest BCUT2D eigenvalue weighted by Gasteiger charge is -2.26. The molecule has 66 valence electrons. The molecule has 1 aromatic rings. The average molecular weight is 165 g/mol. The molecule has 0 aliphatic carbocycles. The largest absolute Gasteiger partial charge is 0.367 e. The maximum absolute atomic E-state index is 3.34. The van der Waals surface area contributed by atoms with E-state index in [2.05, 4.69) is 27.5 Å². The first-order valence-electron chi connectivity index (χ1n) is 4.50. The van der Waals surface area contributed by atoms with Crippen LogP contribution in [0.3, 0.4) is 0 Å². The van der Waals surface area contributed by atoms with Crippen molar-refractivity contribution in [1.82, 2.24) is 15.2 Å². The molecular weight excluding hydrogens is 150 g/mol. The smallest absolute Gasteiger partial charge is 0.0249 e. The molecule has 1 aliphatic rings. The van der Waals surface area contributed by atoms with Crippen LogP contribution in [0, 0.1) is 0 Å². The van der Waals surface area contributed by atoms with Gasteiger partial charge in [-0.3, -0.25) is 4.90 Å². The first-order chi connectivity index (χ1) is 5.95. The number of nitrogens with one attached hydrogen (secondary N) is 2. The number of H-pyrrole nitrogens is 1. The highest BCUT2D eigenvalue weighted by molar-refractivity contribution is 5.07. The molecule has 1 saturated heterocycles. The average Bonchev–Trinajstić information content (AvgIpc) is 2.59. The molecule has 0 bridgehead atoms. The fraction of sp³-hybridized carbons (Fsp3) is 0.556. The normalized spacial score (nSPS) is 19.7. The van der Waals surface area contributed by atoms with Gasteiger partial charge in [-0.05, 0) is 11.6 Å². The van der Waals surface area contributed by atoms with Crippen LogP contribution >= 0.6 is 0 Å². The van der Waals surface area contributed by atoms with Crippen LogP contribution < -0.4 is 5.32 Å². The van der Waals surface area contributed by atoms with E-state index < -0.39 is 0 Å². The molecule has 2 rings (SSSR count). The van der Waals surface area contributed by atoms with Crippen LogP contribution in [-0.2, 0) is 6.54 Å². The van der Waals surface area contributed by atoms with Gasteiger partial charge in [0.25, 0.3) is 0 Å². The van der Waals surface area contributed by atoms with Crippen LogP contribution in [0.25, 0.3) is 0 Å². The summed E-state index contributed by atoms with van der Waals surface area (Å²) in [6.45, 7) is 5.69. The van der Waals surface area contributed by atoms with E-state index in [1.54, 1.807) is 0 Å². The maximum atomic E-state index is 3.34. The molecule has 2 N–H and O–H groups in total. The zero-order valence-corrected chi connectivity index (χ0v) is 7.21. The number of rotatable bonds is 2. The molecule has 0 atom stereocenters. The fourth-order valence-corrected chi connectivity index (χ4v) is 1.58. The number of nitrogens with zero attached hydrogens (tertiary/aromatic N) is 1. The van der Waals surface area contributed by atoms with E-state index in [-0.39, 0.29) is 0 Å². The molecule has 0 spiro atoms. The zero-order chi connectivity index (χ0) is 8.23. The molecule has 12 heavy (non-hydrogen) atoms. The second-order valence-electron chi connectivity index (χ2n) is 3.25. The molecular formula is C9H15N3. The highest BCUT2D eigenvalue weighted by atomic mass is 15.2. The minimum atomic E-state index is 1.09. The number of piperazine rings is 1. The van der Waals surface area contributed by atoms with Crippen LogP contribution in [0.5, 0.6) is 0 Å². The van der Waals surface area contributed by atoms with Crippen molar-refractivity contribution in [1.29, 1.82) is 0 Å². The monoisotopic (exact) mass is 165 g/mol. The highest BCUT2D eigenvalue weighted by Crippen LogP contribution is 2.03. The number of hydrogen-bond acceptors (Lipinski definition) is 2. The van der Waals surface area contributed by atoms with Crippen LogP contribution in [0.15, 0.2) is 18.5 Å². The molecule has 3 nitrogen and oxygen atoms in total. The quantitative estimate of drug-likeness (QED) is 0.665. The summed E-state index contributed by atoms with van der Waals surface area (Å²) in [5, 5.41) is 3.34. The standard InChI is InChI=1S/C9H15N3/c1-2-11-7-9(1)8-12-5-3-10-4-6-12/h1-2,7,10-11H,3-6,8H2. The predicted molar refractivity (Wildman–Crippen MR) is 48.9 cm³/mol. The Kier molecular flexibility index (Phi) is 2.44. The summed E-state index contributed by atoms with van der Waals surface area (Å²) in [5.41, 5.74) is 1.39. The van der Waals surface area contributed by atoms with Crippen LogP contribution in [0.4, 0.5) is 0 Å². The molecule has 1 fully saturated rings. The van der Waals surface area contributed by atoms with Gasteiger partial charge in [0.1, 0.15) is 0 Å². The fourth-order valence-electron chi connectivity index (χ4n) is 1.58. The summed E-state index contributed by atoms with van der Waals surface area (Å²) in [4.78, 5) is 5.55. The number of aromatic amines is 1. The molecule has 1 aliphatic heterocycles. The van der Waals surface area contributed by atoms with Crippen molar-refractivity contribution in [2.45, 2.75) is 6.54 Å². The molecule has 0 radical (unpaired) electrons. The molecule has 0 aromatic carbocycles. The number of aromatic nitrogens is 1. The van der Waals surface area contributed by atoms with Gasteiger partial charge in [0.15, 0.2) is 0 Å². The third-order valence-electron chi connectivity index (χ3n) is 2.28. The summed E-state index contributed by atoms with van der Waals surface area (Å²) in [5.74, 6) is 0. The Bertz CT molecular complexity index is 212. The van der Waals surface area contributed by atoms with Crippen LogP contribution in [-0.4, -0.2) is 36.1 Å². The summed E-state index contributed by atoms with van der Waals surface area (Å²) in [6, 6.07) is 2.14. The Morgan fingerprint density at radius 1 is 1.33 bits per heavy atom. The Morgan fingerprint density at radius 3 is 2.83 bits per heavy atom. The third kappa shape index (κ3) is 1.87. The van der Waals surface area contributed by atoms with Crippen molar-refractivity contribution in [3.63, 3.8) is 0 Å². The second-order valence-corrected chi connectivity index (χ2v) is 3.25. The molecule has 2 heterocycles. The Morgan fingerprint density at radius 2 is 2.17 bits per heavy atom. The number of hydrogen-bond donors (Lipinski definition) is 2.